The first-order chi connectivity index (χ1) is 8.56. The highest BCUT2D eigenvalue weighted by molar-refractivity contribution is 6.01. The highest BCUT2D eigenvalue weighted by atomic mass is 16.5. The van der Waals surface area contributed by atoms with Crippen LogP contribution in [0.1, 0.15) is 41.6 Å². The topological polar surface area (TPSA) is 68.0 Å². The molecule has 94 valence electrons. The molecule has 2 aromatic rings. The van der Waals surface area contributed by atoms with E-state index in [9.17, 15) is 4.79 Å². The predicted molar refractivity (Wildman–Crippen MR) is 67.5 cm³/mol. The highest BCUT2D eigenvalue weighted by Crippen LogP contribution is 2.17. The Kier molecular flexibility index (Phi) is 3.41. The van der Waals surface area contributed by atoms with Gasteiger partial charge in [0.2, 0.25) is 5.76 Å². The van der Waals surface area contributed by atoms with Crippen molar-refractivity contribution in [3.8, 4) is 0 Å². The molecule has 0 unspecified atom stereocenters. The molecule has 0 aliphatic carbocycles. The molecule has 5 nitrogen and oxygen atoms in total. The number of rotatable bonds is 3. The molecule has 2 heterocycles. The highest BCUT2D eigenvalue weighted by Gasteiger charge is 2.12. The standard InChI is InChI=1S/C13H15N3O2/c1-8(2)10-4-5-14-12(7-10)15-13(17)11-6-9(3)16-18-11/h4-8H,1-3H3,(H,14,15,17). The van der Waals surface area contributed by atoms with Crippen molar-refractivity contribution < 1.29 is 9.32 Å². The third-order valence-electron chi connectivity index (χ3n) is 2.54. The molecule has 0 saturated carbocycles. The summed E-state index contributed by atoms with van der Waals surface area (Å²) in [5.74, 6) is 0.740. The number of hydrogen-bond acceptors (Lipinski definition) is 4. The van der Waals surface area contributed by atoms with Gasteiger partial charge in [0.15, 0.2) is 0 Å². The van der Waals surface area contributed by atoms with Crippen molar-refractivity contribution in [3.63, 3.8) is 0 Å². The zero-order valence-corrected chi connectivity index (χ0v) is 10.6. The fourth-order valence-electron chi connectivity index (χ4n) is 1.52. The molecule has 0 spiro atoms. The number of aryl methyl sites for hydroxylation is 1. The summed E-state index contributed by atoms with van der Waals surface area (Å²) in [6.07, 6.45) is 1.68. The number of hydrogen-bond donors (Lipinski definition) is 1. The minimum Gasteiger partial charge on any atom is -0.351 e. The third-order valence-corrected chi connectivity index (χ3v) is 2.54. The second-order valence-electron chi connectivity index (χ2n) is 4.42. The molecular weight excluding hydrogens is 230 g/mol. The van der Waals surface area contributed by atoms with Crippen molar-refractivity contribution in [1.29, 1.82) is 0 Å². The molecule has 2 rings (SSSR count). The van der Waals surface area contributed by atoms with Crippen molar-refractivity contribution in [2.75, 3.05) is 5.32 Å². The van der Waals surface area contributed by atoms with Crippen molar-refractivity contribution >= 4 is 11.7 Å². The summed E-state index contributed by atoms with van der Waals surface area (Å²) in [6, 6.07) is 5.37. The number of nitrogens with one attached hydrogen (secondary N) is 1. The summed E-state index contributed by atoms with van der Waals surface area (Å²) < 4.78 is 4.89. The van der Waals surface area contributed by atoms with Gasteiger partial charge in [0.1, 0.15) is 5.82 Å². The van der Waals surface area contributed by atoms with Crippen LogP contribution in [0.15, 0.2) is 28.9 Å². The second-order valence-corrected chi connectivity index (χ2v) is 4.42. The van der Waals surface area contributed by atoms with Gasteiger partial charge in [-0.25, -0.2) is 4.98 Å². The SMILES string of the molecule is Cc1cc(C(=O)Nc2cc(C(C)C)ccn2)on1. The van der Waals surface area contributed by atoms with Crippen molar-refractivity contribution in [2.24, 2.45) is 0 Å². The van der Waals surface area contributed by atoms with Gasteiger partial charge in [0.05, 0.1) is 5.69 Å². The van der Waals surface area contributed by atoms with Gasteiger partial charge in [-0.3, -0.25) is 4.79 Å². The summed E-state index contributed by atoms with van der Waals surface area (Å²) >= 11 is 0. The molecule has 18 heavy (non-hydrogen) atoms. The zero-order chi connectivity index (χ0) is 13.1. The largest absolute Gasteiger partial charge is 0.351 e. The van der Waals surface area contributed by atoms with Gasteiger partial charge in [-0.15, -0.1) is 0 Å². The van der Waals surface area contributed by atoms with Crippen LogP contribution >= 0.6 is 0 Å². The number of pyridine rings is 1. The van der Waals surface area contributed by atoms with E-state index >= 15 is 0 Å². The van der Waals surface area contributed by atoms with Gasteiger partial charge in [-0.2, -0.15) is 0 Å². The Balaban J connectivity index is 2.14. The van der Waals surface area contributed by atoms with E-state index in [1.807, 2.05) is 12.1 Å². The van der Waals surface area contributed by atoms with Crippen LogP contribution in [-0.4, -0.2) is 16.0 Å². The first-order valence-electron chi connectivity index (χ1n) is 5.77. The normalized spacial score (nSPS) is 10.7. The molecular formula is C13H15N3O2. The van der Waals surface area contributed by atoms with Crippen molar-refractivity contribution in [2.45, 2.75) is 26.7 Å². The van der Waals surface area contributed by atoms with Crippen LogP contribution in [0.3, 0.4) is 0 Å². The van der Waals surface area contributed by atoms with Gasteiger partial charge in [-0.05, 0) is 30.5 Å². The van der Waals surface area contributed by atoms with E-state index in [1.165, 1.54) is 0 Å². The quantitative estimate of drug-likeness (QED) is 0.902. The minimum atomic E-state index is -0.344. The maximum absolute atomic E-state index is 11.8. The van der Waals surface area contributed by atoms with Gasteiger partial charge in [0, 0.05) is 12.3 Å². The maximum Gasteiger partial charge on any atom is 0.295 e. The lowest BCUT2D eigenvalue weighted by Crippen LogP contribution is -2.12. The predicted octanol–water partition coefficient (Wildman–Crippen LogP) is 2.75. The van der Waals surface area contributed by atoms with Crippen LogP contribution in [0.5, 0.6) is 0 Å². The molecule has 0 fully saturated rings. The van der Waals surface area contributed by atoms with E-state index in [-0.39, 0.29) is 11.7 Å². The van der Waals surface area contributed by atoms with E-state index in [1.54, 1.807) is 19.2 Å². The second kappa shape index (κ2) is 5.00. The van der Waals surface area contributed by atoms with Gasteiger partial charge >= 0.3 is 0 Å². The molecule has 0 atom stereocenters. The number of anilines is 1. The molecule has 1 amide bonds. The van der Waals surface area contributed by atoms with Crippen LogP contribution < -0.4 is 5.32 Å². The monoisotopic (exact) mass is 245 g/mol. The third kappa shape index (κ3) is 2.74. The Morgan fingerprint density at radius 2 is 2.17 bits per heavy atom. The van der Waals surface area contributed by atoms with E-state index in [2.05, 4.69) is 29.3 Å². The van der Waals surface area contributed by atoms with Crippen LogP contribution in [0, 0.1) is 6.92 Å². The van der Waals surface area contributed by atoms with E-state index in [0.29, 0.717) is 17.4 Å². The number of nitrogens with zero attached hydrogens (tertiary/aromatic N) is 2. The summed E-state index contributed by atoms with van der Waals surface area (Å²) in [6.45, 7) is 5.93. The maximum atomic E-state index is 11.8. The van der Waals surface area contributed by atoms with Gasteiger partial charge in [-0.1, -0.05) is 19.0 Å². The molecule has 0 aliphatic rings. The van der Waals surface area contributed by atoms with Crippen LogP contribution in [0.4, 0.5) is 5.82 Å². The molecule has 5 heteroatoms. The summed E-state index contributed by atoms with van der Waals surface area (Å²) in [7, 11) is 0. The molecule has 0 aliphatic heterocycles. The number of carbonyl (C=O) groups excluding carboxylic acids is 1. The number of amides is 1. The summed E-state index contributed by atoms with van der Waals surface area (Å²) in [5.41, 5.74) is 1.79. The number of aromatic nitrogens is 2. The first-order valence-corrected chi connectivity index (χ1v) is 5.77. The van der Waals surface area contributed by atoms with E-state index in [0.717, 1.165) is 5.56 Å². The Labute approximate surface area is 105 Å². The van der Waals surface area contributed by atoms with Crippen LogP contribution in [-0.2, 0) is 0 Å². The van der Waals surface area contributed by atoms with E-state index in [4.69, 9.17) is 4.52 Å². The summed E-state index contributed by atoms with van der Waals surface area (Å²) in [4.78, 5) is 15.9. The lowest BCUT2D eigenvalue weighted by molar-refractivity contribution is 0.0987. The molecule has 0 saturated heterocycles. The molecule has 1 N–H and O–H groups in total. The van der Waals surface area contributed by atoms with Crippen LogP contribution in [0.25, 0.3) is 0 Å². The lowest BCUT2D eigenvalue weighted by atomic mass is 10.1. The summed E-state index contributed by atoms with van der Waals surface area (Å²) in [5, 5.41) is 6.35. The van der Waals surface area contributed by atoms with Gasteiger partial charge < -0.3 is 9.84 Å². The average Bonchev–Trinajstić information content (AvgIpc) is 2.76. The first kappa shape index (κ1) is 12.3. The van der Waals surface area contributed by atoms with Crippen LogP contribution in [0.2, 0.25) is 0 Å². The molecule has 2 aromatic heterocycles. The fraction of sp³-hybridized carbons (Fsp3) is 0.308. The Bertz CT molecular complexity index is 561. The van der Waals surface area contributed by atoms with E-state index < -0.39 is 0 Å². The minimum absolute atomic E-state index is 0.184. The Hall–Kier alpha value is -2.17. The Morgan fingerprint density at radius 1 is 1.39 bits per heavy atom. The fourth-order valence-corrected chi connectivity index (χ4v) is 1.52. The molecule has 0 aromatic carbocycles. The molecule has 0 radical (unpaired) electrons. The number of carbonyl (C=O) groups is 1. The van der Waals surface area contributed by atoms with Crippen molar-refractivity contribution in [3.05, 3.63) is 41.4 Å². The van der Waals surface area contributed by atoms with Crippen molar-refractivity contribution in [1.82, 2.24) is 10.1 Å². The smallest absolute Gasteiger partial charge is 0.295 e. The zero-order valence-electron chi connectivity index (χ0n) is 10.6. The molecule has 0 bridgehead atoms. The average molecular weight is 245 g/mol. The Morgan fingerprint density at radius 3 is 2.78 bits per heavy atom. The lowest BCUT2D eigenvalue weighted by Gasteiger charge is -2.07. The van der Waals surface area contributed by atoms with Gasteiger partial charge in [0.25, 0.3) is 5.91 Å².